The molecule has 1 aliphatic carbocycles. The molecule has 0 fully saturated rings. The number of amides is 1. The Labute approximate surface area is 189 Å². The molecule has 0 saturated heterocycles. The van der Waals surface area contributed by atoms with Crippen molar-refractivity contribution in [1.29, 1.82) is 0 Å². The van der Waals surface area contributed by atoms with Gasteiger partial charge in [0.2, 0.25) is 0 Å². The molecular formula is C25H19ClN4O2. The minimum atomic E-state index is -0.278. The van der Waals surface area contributed by atoms with E-state index in [0.29, 0.717) is 28.4 Å². The summed E-state index contributed by atoms with van der Waals surface area (Å²) in [6.45, 7) is 0.534. The highest BCUT2D eigenvalue weighted by Crippen LogP contribution is 2.26. The Morgan fingerprint density at radius 1 is 1.16 bits per heavy atom. The van der Waals surface area contributed by atoms with Crippen molar-refractivity contribution in [3.63, 3.8) is 0 Å². The molecule has 0 unspecified atom stereocenters. The molecule has 0 atom stereocenters. The number of rotatable bonds is 5. The molecule has 0 bridgehead atoms. The monoisotopic (exact) mass is 442 g/mol. The third kappa shape index (κ3) is 4.13. The number of H-pyrrole nitrogens is 1. The molecule has 2 aromatic heterocycles. The number of aromatic amines is 1. The van der Waals surface area contributed by atoms with Gasteiger partial charge in [-0.1, -0.05) is 48.0 Å². The van der Waals surface area contributed by atoms with Crippen LogP contribution < -0.4 is 5.32 Å². The fraction of sp³-hybridized carbons (Fsp3) is 0.0800. The highest BCUT2D eigenvalue weighted by molar-refractivity contribution is 6.30. The second kappa shape index (κ2) is 8.32. The highest BCUT2D eigenvalue weighted by atomic mass is 35.5. The molecule has 2 heterocycles. The first-order valence-corrected chi connectivity index (χ1v) is 10.5. The standard InChI is InChI=1S/C25H19ClN4O2/c26-19-7-5-16(6-8-19)14-30-15-18(13-27-30)25(32)28-20-9-10-24(31)21(12-20)23-11-17-3-1-2-4-22(17)29-23/h1-9,11-13,15,29H,10,14H2,(H,28,32). The third-order valence-corrected chi connectivity index (χ3v) is 5.59. The van der Waals surface area contributed by atoms with Crippen LogP contribution in [0.3, 0.4) is 0 Å². The summed E-state index contributed by atoms with van der Waals surface area (Å²) in [5.74, 6) is -0.273. The van der Waals surface area contributed by atoms with Gasteiger partial charge in [0.1, 0.15) is 0 Å². The molecule has 0 spiro atoms. The van der Waals surface area contributed by atoms with E-state index in [0.717, 1.165) is 22.2 Å². The predicted molar refractivity (Wildman–Crippen MR) is 124 cm³/mol. The summed E-state index contributed by atoms with van der Waals surface area (Å²) in [5, 5.41) is 8.86. The van der Waals surface area contributed by atoms with E-state index >= 15 is 0 Å². The predicted octanol–water partition coefficient (Wildman–Crippen LogP) is 4.74. The van der Waals surface area contributed by atoms with Gasteiger partial charge in [-0.2, -0.15) is 5.10 Å². The number of hydrogen-bond acceptors (Lipinski definition) is 3. The van der Waals surface area contributed by atoms with Crippen molar-refractivity contribution in [2.75, 3.05) is 0 Å². The van der Waals surface area contributed by atoms with Gasteiger partial charge >= 0.3 is 0 Å². The van der Waals surface area contributed by atoms with E-state index in [-0.39, 0.29) is 18.1 Å². The Hall–Kier alpha value is -3.90. The number of carbonyl (C=O) groups is 2. The number of para-hydroxylation sites is 1. The van der Waals surface area contributed by atoms with Crippen LogP contribution in [0, 0.1) is 0 Å². The van der Waals surface area contributed by atoms with E-state index in [1.54, 1.807) is 23.0 Å². The van der Waals surface area contributed by atoms with Crippen molar-refractivity contribution in [3.8, 4) is 0 Å². The van der Waals surface area contributed by atoms with Gasteiger partial charge in [0.05, 0.1) is 24.0 Å². The molecule has 2 N–H and O–H groups in total. The number of Topliss-reactive ketones (excluding diaryl/α,β-unsaturated/α-hetero) is 1. The van der Waals surface area contributed by atoms with Crippen LogP contribution in [0.15, 0.2) is 84.8 Å². The fourth-order valence-corrected chi connectivity index (χ4v) is 3.81. The van der Waals surface area contributed by atoms with Crippen LogP contribution in [-0.4, -0.2) is 26.5 Å². The lowest BCUT2D eigenvalue weighted by Crippen LogP contribution is -2.23. The number of aromatic nitrogens is 3. The maximum Gasteiger partial charge on any atom is 0.258 e. The van der Waals surface area contributed by atoms with Gasteiger partial charge < -0.3 is 10.3 Å². The number of nitrogens with zero attached hydrogens (tertiary/aromatic N) is 2. The average molecular weight is 443 g/mol. The molecule has 1 amide bonds. The van der Waals surface area contributed by atoms with Crippen LogP contribution >= 0.6 is 11.6 Å². The minimum Gasteiger partial charge on any atom is -0.354 e. The molecule has 0 saturated carbocycles. The van der Waals surface area contributed by atoms with Gasteiger partial charge in [0.25, 0.3) is 5.91 Å². The number of benzene rings is 2. The second-order valence-corrected chi connectivity index (χ2v) is 8.06. The molecular weight excluding hydrogens is 424 g/mol. The van der Waals surface area contributed by atoms with Crippen molar-refractivity contribution < 1.29 is 9.59 Å². The lowest BCUT2D eigenvalue weighted by molar-refractivity contribution is -0.113. The van der Waals surface area contributed by atoms with Crippen LogP contribution in [0.1, 0.15) is 28.0 Å². The van der Waals surface area contributed by atoms with E-state index in [1.165, 1.54) is 6.20 Å². The average Bonchev–Trinajstić information content (AvgIpc) is 3.44. The Kier molecular flexibility index (Phi) is 5.21. The smallest absolute Gasteiger partial charge is 0.258 e. The maximum absolute atomic E-state index is 12.7. The van der Waals surface area contributed by atoms with E-state index in [1.807, 2.05) is 54.6 Å². The maximum atomic E-state index is 12.7. The fourth-order valence-electron chi connectivity index (χ4n) is 3.69. The molecule has 0 aliphatic heterocycles. The zero-order valence-electron chi connectivity index (χ0n) is 17.0. The van der Waals surface area contributed by atoms with E-state index in [4.69, 9.17) is 11.6 Å². The van der Waals surface area contributed by atoms with Crippen LogP contribution in [0.4, 0.5) is 0 Å². The zero-order chi connectivity index (χ0) is 22.1. The molecule has 4 aromatic rings. The third-order valence-electron chi connectivity index (χ3n) is 5.34. The summed E-state index contributed by atoms with van der Waals surface area (Å²) in [7, 11) is 0. The summed E-state index contributed by atoms with van der Waals surface area (Å²) in [5.41, 5.74) is 4.32. The summed E-state index contributed by atoms with van der Waals surface area (Å²) in [4.78, 5) is 28.5. The van der Waals surface area contributed by atoms with Gasteiger partial charge in [-0.25, -0.2) is 0 Å². The number of hydrogen-bond donors (Lipinski definition) is 2. The molecule has 158 valence electrons. The normalized spacial score (nSPS) is 13.7. The number of allylic oxidation sites excluding steroid dienone is 3. The lowest BCUT2D eigenvalue weighted by Gasteiger charge is -2.13. The molecule has 6 nitrogen and oxygen atoms in total. The van der Waals surface area contributed by atoms with Crippen LogP contribution in [0.25, 0.3) is 16.5 Å². The number of fused-ring (bicyclic) bond motifs is 1. The molecule has 1 aliphatic rings. The molecule has 32 heavy (non-hydrogen) atoms. The van der Waals surface area contributed by atoms with Gasteiger partial charge in [0.15, 0.2) is 5.78 Å². The van der Waals surface area contributed by atoms with Crippen LogP contribution in [-0.2, 0) is 11.3 Å². The zero-order valence-corrected chi connectivity index (χ0v) is 17.8. The number of carbonyl (C=O) groups excluding carboxylic acids is 2. The summed E-state index contributed by atoms with van der Waals surface area (Å²) in [6.07, 6.45) is 6.90. The quantitative estimate of drug-likeness (QED) is 0.468. The first-order chi connectivity index (χ1) is 15.5. The van der Waals surface area contributed by atoms with Gasteiger partial charge in [-0.3, -0.25) is 14.3 Å². The van der Waals surface area contributed by atoms with Crippen LogP contribution in [0.2, 0.25) is 5.02 Å². The number of ketones is 1. The number of nitrogens with one attached hydrogen (secondary N) is 2. The Bertz CT molecular complexity index is 1360. The first kappa shape index (κ1) is 20.0. The Morgan fingerprint density at radius 3 is 2.78 bits per heavy atom. The highest BCUT2D eigenvalue weighted by Gasteiger charge is 2.19. The van der Waals surface area contributed by atoms with Crippen molar-refractivity contribution in [3.05, 3.63) is 107 Å². The summed E-state index contributed by atoms with van der Waals surface area (Å²) in [6, 6.07) is 17.3. The molecule has 2 aromatic carbocycles. The topological polar surface area (TPSA) is 79.8 Å². The van der Waals surface area contributed by atoms with E-state index in [2.05, 4.69) is 15.4 Å². The van der Waals surface area contributed by atoms with Crippen molar-refractivity contribution in [2.24, 2.45) is 0 Å². The van der Waals surface area contributed by atoms with Crippen molar-refractivity contribution in [1.82, 2.24) is 20.1 Å². The van der Waals surface area contributed by atoms with Gasteiger partial charge in [-0.15, -0.1) is 0 Å². The van der Waals surface area contributed by atoms with Crippen molar-refractivity contribution >= 4 is 39.8 Å². The largest absolute Gasteiger partial charge is 0.354 e. The Morgan fingerprint density at radius 2 is 1.97 bits per heavy atom. The Balaban J connectivity index is 1.31. The van der Waals surface area contributed by atoms with E-state index in [9.17, 15) is 9.59 Å². The lowest BCUT2D eigenvalue weighted by atomic mass is 9.98. The van der Waals surface area contributed by atoms with Gasteiger partial charge in [0, 0.05) is 39.8 Å². The summed E-state index contributed by atoms with van der Waals surface area (Å²) >= 11 is 5.92. The molecule has 7 heteroatoms. The summed E-state index contributed by atoms with van der Waals surface area (Å²) < 4.78 is 1.70. The first-order valence-electron chi connectivity index (χ1n) is 10.2. The second-order valence-electron chi connectivity index (χ2n) is 7.62. The van der Waals surface area contributed by atoms with Gasteiger partial charge in [-0.05, 0) is 35.9 Å². The minimum absolute atomic E-state index is 0.00494. The molecule has 5 rings (SSSR count). The SMILES string of the molecule is O=C1CC=C(NC(=O)c2cnn(Cc3ccc(Cl)cc3)c2)C=C1c1cc2ccccc2[nH]1. The molecule has 0 radical (unpaired) electrons. The number of halogens is 1. The van der Waals surface area contributed by atoms with E-state index < -0.39 is 0 Å². The van der Waals surface area contributed by atoms with Crippen LogP contribution in [0.5, 0.6) is 0 Å². The van der Waals surface area contributed by atoms with Crippen molar-refractivity contribution in [2.45, 2.75) is 13.0 Å².